The number of hydrazine groups is 1. The molecule has 1 spiro atoms. The van der Waals surface area contributed by atoms with Gasteiger partial charge in [0.2, 0.25) is 0 Å². The molecule has 1 aromatic carbocycles. The molecule has 170 valence electrons. The average molecular weight is 443 g/mol. The minimum atomic E-state index is -1.42. The Morgan fingerprint density at radius 2 is 1.78 bits per heavy atom. The van der Waals surface area contributed by atoms with Crippen LogP contribution in [0.4, 0.5) is 9.59 Å². The quantitative estimate of drug-likeness (QED) is 0.575. The van der Waals surface area contributed by atoms with Gasteiger partial charge in [0.05, 0.1) is 7.11 Å². The van der Waals surface area contributed by atoms with Crippen LogP contribution in [0, 0.1) is 0 Å². The summed E-state index contributed by atoms with van der Waals surface area (Å²) in [5, 5.41) is 5.85. The topological polar surface area (TPSA) is 137 Å². The molecule has 2 heterocycles. The van der Waals surface area contributed by atoms with Gasteiger partial charge in [-0.15, -0.1) is 0 Å². The maximum atomic E-state index is 13.0. The number of benzene rings is 1. The molecule has 0 aromatic heterocycles. The molecular formula is C21H25N5O6. The molecule has 1 aliphatic carbocycles. The molecule has 0 radical (unpaired) electrons. The Morgan fingerprint density at radius 3 is 2.47 bits per heavy atom. The van der Waals surface area contributed by atoms with E-state index in [-0.39, 0.29) is 0 Å². The number of rotatable bonds is 5. The third-order valence-electron chi connectivity index (χ3n) is 6.33. The molecule has 1 aromatic rings. The van der Waals surface area contributed by atoms with Crippen molar-refractivity contribution in [3.05, 3.63) is 29.8 Å². The molecule has 11 heteroatoms. The predicted molar refractivity (Wildman–Crippen MR) is 110 cm³/mol. The van der Waals surface area contributed by atoms with Crippen LogP contribution in [0.1, 0.15) is 44.6 Å². The van der Waals surface area contributed by atoms with Gasteiger partial charge in [0.15, 0.2) is 0 Å². The molecule has 2 saturated heterocycles. The summed E-state index contributed by atoms with van der Waals surface area (Å²) < 4.78 is 5.17. The van der Waals surface area contributed by atoms with E-state index in [0.717, 1.165) is 24.2 Å². The lowest BCUT2D eigenvalue weighted by atomic mass is 9.82. The van der Waals surface area contributed by atoms with Gasteiger partial charge in [0, 0.05) is 0 Å². The highest BCUT2D eigenvalue weighted by atomic mass is 16.5. The fourth-order valence-electron chi connectivity index (χ4n) is 4.49. The molecule has 11 nitrogen and oxygen atoms in total. The first-order valence-corrected chi connectivity index (χ1v) is 10.4. The number of hydrogen-bond donors (Lipinski definition) is 3. The number of nitrogens with zero attached hydrogens (tertiary/aromatic N) is 2. The first-order chi connectivity index (χ1) is 15.2. The van der Waals surface area contributed by atoms with E-state index in [1.165, 1.54) is 14.0 Å². The van der Waals surface area contributed by atoms with Crippen molar-refractivity contribution in [3.63, 3.8) is 0 Å². The van der Waals surface area contributed by atoms with Crippen molar-refractivity contribution in [2.75, 3.05) is 13.7 Å². The summed E-state index contributed by atoms with van der Waals surface area (Å²) in [5.41, 5.74) is 0.310. The third kappa shape index (κ3) is 3.43. The summed E-state index contributed by atoms with van der Waals surface area (Å²) in [6.07, 6.45) is 3.68. The van der Waals surface area contributed by atoms with Gasteiger partial charge in [-0.1, -0.05) is 31.4 Å². The Morgan fingerprint density at radius 1 is 1.06 bits per heavy atom. The summed E-state index contributed by atoms with van der Waals surface area (Å²) in [4.78, 5) is 64.1. The highest BCUT2D eigenvalue weighted by Gasteiger charge is 2.53. The van der Waals surface area contributed by atoms with Crippen molar-refractivity contribution >= 4 is 29.8 Å². The summed E-state index contributed by atoms with van der Waals surface area (Å²) in [6.45, 7) is 0.914. The smallest absolute Gasteiger partial charge is 0.344 e. The van der Waals surface area contributed by atoms with Gasteiger partial charge in [-0.25, -0.2) is 9.59 Å². The van der Waals surface area contributed by atoms with Crippen molar-refractivity contribution in [2.24, 2.45) is 0 Å². The first-order valence-electron chi connectivity index (χ1n) is 10.4. The number of urea groups is 2. The number of amides is 7. The van der Waals surface area contributed by atoms with Crippen LogP contribution in [0.3, 0.4) is 0 Å². The third-order valence-corrected chi connectivity index (χ3v) is 6.33. The average Bonchev–Trinajstić information content (AvgIpc) is 3.14. The van der Waals surface area contributed by atoms with Crippen molar-refractivity contribution in [2.45, 2.75) is 50.1 Å². The SMILES string of the molecule is COc1cccc([C@@]2(C)NC(=O)N(NC(=O)CN3C(=O)NC4(CCCCC4)C3=O)C2=O)c1. The van der Waals surface area contributed by atoms with Crippen LogP contribution >= 0.6 is 0 Å². The summed E-state index contributed by atoms with van der Waals surface area (Å²) in [7, 11) is 1.48. The molecule has 1 saturated carbocycles. The van der Waals surface area contributed by atoms with Crippen LogP contribution in [0.2, 0.25) is 0 Å². The second-order valence-corrected chi connectivity index (χ2v) is 8.43. The second kappa shape index (κ2) is 7.81. The van der Waals surface area contributed by atoms with Gasteiger partial charge in [-0.3, -0.25) is 24.7 Å². The van der Waals surface area contributed by atoms with Crippen molar-refractivity contribution < 1.29 is 28.7 Å². The largest absolute Gasteiger partial charge is 0.497 e. The van der Waals surface area contributed by atoms with Crippen LogP contribution in [0.25, 0.3) is 0 Å². The van der Waals surface area contributed by atoms with Crippen molar-refractivity contribution in [3.8, 4) is 5.75 Å². The Bertz CT molecular complexity index is 1000. The van der Waals surface area contributed by atoms with Gasteiger partial charge in [-0.2, -0.15) is 5.01 Å². The number of imide groups is 2. The Hall–Kier alpha value is -3.63. The van der Waals surface area contributed by atoms with Crippen LogP contribution in [0.15, 0.2) is 24.3 Å². The summed E-state index contributed by atoms with van der Waals surface area (Å²) >= 11 is 0. The maximum absolute atomic E-state index is 13.0. The fraction of sp³-hybridized carbons (Fsp3) is 0.476. The van der Waals surface area contributed by atoms with E-state index in [2.05, 4.69) is 16.1 Å². The normalized spacial score (nSPS) is 24.6. The van der Waals surface area contributed by atoms with Gasteiger partial charge in [-0.05, 0) is 37.5 Å². The summed E-state index contributed by atoms with van der Waals surface area (Å²) in [6, 6.07) is 5.17. The Balaban J connectivity index is 1.45. The summed E-state index contributed by atoms with van der Waals surface area (Å²) in [5.74, 6) is -1.48. The highest BCUT2D eigenvalue weighted by molar-refractivity contribution is 6.10. The lowest BCUT2D eigenvalue weighted by Gasteiger charge is -2.30. The lowest BCUT2D eigenvalue weighted by Crippen LogP contribution is -2.52. The van der Waals surface area contributed by atoms with Gasteiger partial charge in [0.25, 0.3) is 17.7 Å². The second-order valence-electron chi connectivity index (χ2n) is 8.43. The molecule has 0 bridgehead atoms. The van der Waals surface area contributed by atoms with E-state index >= 15 is 0 Å². The van der Waals surface area contributed by atoms with E-state index in [0.29, 0.717) is 29.2 Å². The van der Waals surface area contributed by atoms with E-state index < -0.39 is 47.4 Å². The molecule has 3 fully saturated rings. The van der Waals surface area contributed by atoms with E-state index in [4.69, 9.17) is 4.74 Å². The highest BCUT2D eigenvalue weighted by Crippen LogP contribution is 2.34. The zero-order valence-corrected chi connectivity index (χ0v) is 17.9. The van der Waals surface area contributed by atoms with Crippen LogP contribution in [-0.4, -0.2) is 58.9 Å². The Labute approximate surface area is 184 Å². The van der Waals surface area contributed by atoms with Gasteiger partial charge < -0.3 is 15.4 Å². The maximum Gasteiger partial charge on any atom is 0.344 e. The van der Waals surface area contributed by atoms with Crippen molar-refractivity contribution in [1.29, 1.82) is 0 Å². The minimum absolute atomic E-state index is 0.448. The fourth-order valence-corrected chi connectivity index (χ4v) is 4.49. The molecule has 3 aliphatic rings. The minimum Gasteiger partial charge on any atom is -0.497 e. The molecule has 7 amide bonds. The van der Waals surface area contributed by atoms with Crippen molar-refractivity contribution in [1.82, 2.24) is 26.0 Å². The zero-order valence-electron chi connectivity index (χ0n) is 17.9. The van der Waals surface area contributed by atoms with E-state index in [1.54, 1.807) is 24.3 Å². The number of ether oxygens (including phenoxy) is 1. The van der Waals surface area contributed by atoms with Gasteiger partial charge >= 0.3 is 12.1 Å². The Kier molecular flexibility index (Phi) is 5.27. The standard InChI is InChI=1S/C21H25N5O6/c1-20(13-7-6-8-14(11-13)32-2)16(28)26(19(31)22-20)24-15(27)12-25-17(29)21(23-18(25)30)9-4-3-5-10-21/h6-8,11H,3-5,9-10,12H2,1-2H3,(H,22,31)(H,23,30)(H,24,27)/t20-/m1/s1. The zero-order chi connectivity index (χ0) is 23.1. The monoisotopic (exact) mass is 443 g/mol. The van der Waals surface area contributed by atoms with Crippen LogP contribution in [0.5, 0.6) is 5.75 Å². The molecule has 2 aliphatic heterocycles. The van der Waals surface area contributed by atoms with E-state index in [9.17, 15) is 24.0 Å². The van der Waals surface area contributed by atoms with Gasteiger partial charge in [0.1, 0.15) is 23.4 Å². The molecule has 0 unspecified atom stereocenters. The number of nitrogens with one attached hydrogen (secondary N) is 3. The predicted octanol–water partition coefficient (Wildman–Crippen LogP) is 0.748. The molecule has 3 N–H and O–H groups in total. The number of hydrogen-bond acceptors (Lipinski definition) is 6. The molecule has 1 atom stereocenters. The first kappa shape index (κ1) is 21.6. The lowest BCUT2D eigenvalue weighted by molar-refractivity contribution is -0.141. The van der Waals surface area contributed by atoms with Crippen LogP contribution in [-0.2, 0) is 19.9 Å². The molecule has 32 heavy (non-hydrogen) atoms. The molecule has 4 rings (SSSR count). The number of methoxy groups -OCH3 is 1. The number of carbonyl (C=O) groups is 5. The van der Waals surface area contributed by atoms with Crippen LogP contribution < -0.4 is 20.8 Å². The van der Waals surface area contributed by atoms with E-state index in [1.807, 2.05) is 0 Å². The molecular weight excluding hydrogens is 418 g/mol. The number of carbonyl (C=O) groups excluding carboxylic acids is 5.